The van der Waals surface area contributed by atoms with E-state index in [9.17, 15) is 4.79 Å². The summed E-state index contributed by atoms with van der Waals surface area (Å²) in [5, 5.41) is 0. The molecule has 0 saturated carbocycles. The van der Waals surface area contributed by atoms with Crippen LogP contribution in [0.2, 0.25) is 0 Å². The topological polar surface area (TPSA) is 23.6 Å². The molecule has 27 heavy (non-hydrogen) atoms. The summed E-state index contributed by atoms with van der Waals surface area (Å²) >= 11 is 0. The predicted molar refractivity (Wildman–Crippen MR) is 113 cm³/mol. The maximum atomic E-state index is 12.4. The third-order valence-electron chi connectivity index (χ3n) is 5.42. The molecule has 3 rings (SSSR count). The molecule has 0 radical (unpaired) electrons. The van der Waals surface area contributed by atoms with Crippen LogP contribution in [0.15, 0.2) is 66.7 Å². The van der Waals surface area contributed by atoms with E-state index in [-0.39, 0.29) is 5.91 Å². The Morgan fingerprint density at radius 1 is 1.04 bits per heavy atom. The molecule has 1 saturated heterocycles. The quantitative estimate of drug-likeness (QED) is 0.720. The Morgan fingerprint density at radius 2 is 1.67 bits per heavy atom. The maximum absolute atomic E-state index is 12.4. The van der Waals surface area contributed by atoms with Crippen LogP contribution in [0.5, 0.6) is 0 Å². The standard InChI is InChI=1S/C24H30N2O/c1-25(24(27)23-12-6-3-7-13-23)18-14-22-15-19-26(20-16-22)17-8-11-21-9-4-2-5-10-21/h2-13,22H,14-20H2,1H3/b11-8+. The van der Waals surface area contributed by atoms with Crippen LogP contribution in [0.4, 0.5) is 0 Å². The van der Waals surface area contributed by atoms with Gasteiger partial charge in [-0.3, -0.25) is 9.69 Å². The first kappa shape index (κ1) is 19.4. The number of carbonyl (C=O) groups is 1. The van der Waals surface area contributed by atoms with Gasteiger partial charge in [-0.05, 0) is 56.0 Å². The Kier molecular flexibility index (Phi) is 7.23. The largest absolute Gasteiger partial charge is 0.342 e. The van der Waals surface area contributed by atoms with Crippen molar-refractivity contribution in [3.8, 4) is 0 Å². The van der Waals surface area contributed by atoms with E-state index in [1.165, 1.54) is 18.4 Å². The highest BCUT2D eigenvalue weighted by molar-refractivity contribution is 5.93. The van der Waals surface area contributed by atoms with Crippen LogP contribution < -0.4 is 0 Å². The minimum Gasteiger partial charge on any atom is -0.342 e. The van der Waals surface area contributed by atoms with Gasteiger partial charge in [0.15, 0.2) is 0 Å². The van der Waals surface area contributed by atoms with Gasteiger partial charge in [-0.25, -0.2) is 0 Å². The zero-order chi connectivity index (χ0) is 18.9. The fourth-order valence-electron chi connectivity index (χ4n) is 3.64. The van der Waals surface area contributed by atoms with Crippen LogP contribution in [0.25, 0.3) is 6.08 Å². The zero-order valence-electron chi connectivity index (χ0n) is 16.3. The van der Waals surface area contributed by atoms with Gasteiger partial charge in [0.2, 0.25) is 0 Å². The highest BCUT2D eigenvalue weighted by atomic mass is 16.2. The molecule has 0 aliphatic carbocycles. The van der Waals surface area contributed by atoms with Crippen molar-refractivity contribution in [2.45, 2.75) is 19.3 Å². The Bertz CT molecular complexity index is 719. The fourth-order valence-corrected chi connectivity index (χ4v) is 3.64. The molecule has 1 aliphatic heterocycles. The van der Waals surface area contributed by atoms with Crippen molar-refractivity contribution in [2.75, 3.05) is 33.2 Å². The van der Waals surface area contributed by atoms with Gasteiger partial charge in [0.1, 0.15) is 0 Å². The molecule has 1 aliphatic rings. The summed E-state index contributed by atoms with van der Waals surface area (Å²) in [6, 6.07) is 20.0. The molecular formula is C24H30N2O. The van der Waals surface area contributed by atoms with Crippen molar-refractivity contribution < 1.29 is 4.79 Å². The SMILES string of the molecule is CN(CCC1CCN(C/C=C/c2ccccc2)CC1)C(=O)c1ccccc1. The minimum atomic E-state index is 0.124. The average molecular weight is 363 g/mol. The molecule has 0 bridgehead atoms. The first-order valence-corrected chi connectivity index (χ1v) is 9.97. The number of nitrogens with zero attached hydrogens (tertiary/aromatic N) is 2. The molecule has 142 valence electrons. The van der Waals surface area contributed by atoms with Gasteiger partial charge < -0.3 is 4.90 Å². The van der Waals surface area contributed by atoms with Crippen LogP contribution in [0.3, 0.4) is 0 Å². The molecule has 1 fully saturated rings. The van der Waals surface area contributed by atoms with Crippen LogP contribution in [0.1, 0.15) is 35.2 Å². The monoisotopic (exact) mass is 362 g/mol. The van der Waals surface area contributed by atoms with E-state index in [0.717, 1.165) is 44.1 Å². The van der Waals surface area contributed by atoms with Gasteiger partial charge >= 0.3 is 0 Å². The highest BCUT2D eigenvalue weighted by Crippen LogP contribution is 2.21. The van der Waals surface area contributed by atoms with Crippen LogP contribution in [0, 0.1) is 5.92 Å². The van der Waals surface area contributed by atoms with E-state index in [4.69, 9.17) is 0 Å². The molecule has 0 aromatic heterocycles. The van der Waals surface area contributed by atoms with Gasteiger partial charge in [-0.2, -0.15) is 0 Å². The van der Waals surface area contributed by atoms with E-state index in [0.29, 0.717) is 0 Å². The summed E-state index contributed by atoms with van der Waals surface area (Å²) < 4.78 is 0. The number of carbonyl (C=O) groups excluding carboxylic acids is 1. The van der Waals surface area contributed by atoms with Gasteiger partial charge in [-0.15, -0.1) is 0 Å². The molecule has 0 N–H and O–H groups in total. The summed E-state index contributed by atoms with van der Waals surface area (Å²) in [7, 11) is 1.92. The molecule has 1 heterocycles. The number of rotatable bonds is 7. The van der Waals surface area contributed by atoms with Crippen molar-refractivity contribution >= 4 is 12.0 Å². The molecular weight excluding hydrogens is 332 g/mol. The smallest absolute Gasteiger partial charge is 0.253 e. The third kappa shape index (κ3) is 6.07. The normalized spacial score (nSPS) is 15.9. The highest BCUT2D eigenvalue weighted by Gasteiger charge is 2.20. The number of benzene rings is 2. The summed E-state index contributed by atoms with van der Waals surface area (Å²) in [4.78, 5) is 16.8. The van der Waals surface area contributed by atoms with Crippen molar-refractivity contribution in [2.24, 2.45) is 5.92 Å². The average Bonchev–Trinajstić information content (AvgIpc) is 2.74. The lowest BCUT2D eigenvalue weighted by molar-refractivity contribution is 0.0779. The Morgan fingerprint density at radius 3 is 2.33 bits per heavy atom. The van der Waals surface area contributed by atoms with Gasteiger partial charge in [0.05, 0.1) is 0 Å². The van der Waals surface area contributed by atoms with Crippen molar-refractivity contribution in [1.82, 2.24) is 9.80 Å². The first-order valence-electron chi connectivity index (χ1n) is 9.97. The molecule has 0 unspecified atom stereocenters. The summed E-state index contributed by atoms with van der Waals surface area (Å²) in [5.74, 6) is 0.851. The van der Waals surface area contributed by atoms with Crippen molar-refractivity contribution in [3.63, 3.8) is 0 Å². The number of piperidine rings is 1. The Balaban J connectivity index is 1.36. The third-order valence-corrected chi connectivity index (χ3v) is 5.42. The minimum absolute atomic E-state index is 0.124. The second-order valence-electron chi connectivity index (χ2n) is 7.44. The Labute approximate surface area is 163 Å². The molecule has 2 aromatic rings. The lowest BCUT2D eigenvalue weighted by Crippen LogP contribution is -2.35. The zero-order valence-corrected chi connectivity index (χ0v) is 16.3. The van der Waals surface area contributed by atoms with Gasteiger partial charge in [0.25, 0.3) is 5.91 Å². The molecule has 2 aromatic carbocycles. The maximum Gasteiger partial charge on any atom is 0.253 e. The summed E-state index contributed by atoms with van der Waals surface area (Å²) in [6.07, 6.45) is 8.03. The lowest BCUT2D eigenvalue weighted by Gasteiger charge is -2.32. The number of likely N-dealkylation sites (tertiary alicyclic amines) is 1. The summed E-state index contributed by atoms with van der Waals surface area (Å²) in [5.41, 5.74) is 2.04. The van der Waals surface area contributed by atoms with Crippen molar-refractivity contribution in [3.05, 3.63) is 77.9 Å². The first-order chi connectivity index (χ1) is 13.2. The molecule has 1 amide bonds. The number of amides is 1. The van der Waals surface area contributed by atoms with E-state index >= 15 is 0 Å². The van der Waals surface area contributed by atoms with Crippen LogP contribution >= 0.6 is 0 Å². The molecule has 0 spiro atoms. The van der Waals surface area contributed by atoms with Crippen molar-refractivity contribution in [1.29, 1.82) is 0 Å². The van der Waals surface area contributed by atoms with E-state index in [2.05, 4.69) is 41.3 Å². The van der Waals surface area contributed by atoms with E-state index < -0.39 is 0 Å². The van der Waals surface area contributed by atoms with E-state index in [1.807, 2.05) is 48.3 Å². The van der Waals surface area contributed by atoms with Crippen LogP contribution in [-0.2, 0) is 0 Å². The molecule has 3 heteroatoms. The van der Waals surface area contributed by atoms with Crippen LogP contribution in [-0.4, -0.2) is 48.9 Å². The lowest BCUT2D eigenvalue weighted by atomic mass is 9.93. The number of hydrogen-bond donors (Lipinski definition) is 0. The van der Waals surface area contributed by atoms with E-state index in [1.54, 1.807) is 0 Å². The second kappa shape index (κ2) is 10.1. The molecule has 0 atom stereocenters. The summed E-state index contributed by atoms with van der Waals surface area (Å²) in [6.45, 7) is 4.17. The van der Waals surface area contributed by atoms with Gasteiger partial charge in [-0.1, -0.05) is 60.7 Å². The van der Waals surface area contributed by atoms with Gasteiger partial charge in [0, 0.05) is 25.7 Å². The fraction of sp³-hybridized carbons (Fsp3) is 0.375. The predicted octanol–water partition coefficient (Wildman–Crippen LogP) is 4.57. The molecule has 3 nitrogen and oxygen atoms in total. The Hall–Kier alpha value is -2.39. The second-order valence-corrected chi connectivity index (χ2v) is 7.44. The number of hydrogen-bond acceptors (Lipinski definition) is 2.